The largest absolute Gasteiger partial charge is 0.368 e. The fourth-order valence-corrected chi connectivity index (χ4v) is 3.91. The summed E-state index contributed by atoms with van der Waals surface area (Å²) in [6.07, 6.45) is 1.82. The van der Waals surface area contributed by atoms with Crippen LogP contribution in [0.2, 0.25) is 0 Å². The number of hydrogen-bond acceptors (Lipinski definition) is 6. The molecule has 4 aromatic rings. The summed E-state index contributed by atoms with van der Waals surface area (Å²) < 4.78 is 1.81. The van der Waals surface area contributed by atoms with Gasteiger partial charge in [0.1, 0.15) is 5.82 Å². The molecule has 0 atom stereocenters. The Balaban J connectivity index is 1.43. The number of aryl methyl sites for hydroxylation is 2. The standard InChI is InChI=1S/C23H25N7/c1-17-7-6-8-18(15-17)25-21-20-16-24-28(2)22(20)27-23(26-21)30-13-11-29(12-14-30)19-9-4-3-5-10-19/h3-10,15-16H,11-14H2,1-2H3,(H,25,26,27). The summed E-state index contributed by atoms with van der Waals surface area (Å²) >= 11 is 0. The Morgan fingerprint density at radius 3 is 2.40 bits per heavy atom. The average Bonchev–Trinajstić information content (AvgIpc) is 3.16. The first-order valence-electron chi connectivity index (χ1n) is 10.3. The van der Waals surface area contributed by atoms with Crippen molar-refractivity contribution in [1.82, 2.24) is 19.7 Å². The first-order chi connectivity index (χ1) is 14.7. The van der Waals surface area contributed by atoms with Crippen LogP contribution in [0.25, 0.3) is 11.0 Å². The van der Waals surface area contributed by atoms with Gasteiger partial charge in [0, 0.05) is 44.6 Å². The van der Waals surface area contributed by atoms with Gasteiger partial charge in [-0.05, 0) is 36.8 Å². The van der Waals surface area contributed by atoms with Crippen LogP contribution in [0.15, 0.2) is 60.8 Å². The lowest BCUT2D eigenvalue weighted by Crippen LogP contribution is -2.47. The van der Waals surface area contributed by atoms with Crippen molar-refractivity contribution in [3.63, 3.8) is 0 Å². The van der Waals surface area contributed by atoms with Crippen LogP contribution in [-0.2, 0) is 7.05 Å². The molecular weight excluding hydrogens is 374 g/mol. The number of para-hydroxylation sites is 1. The molecule has 1 aliphatic rings. The van der Waals surface area contributed by atoms with Crippen LogP contribution in [0.3, 0.4) is 0 Å². The Hall–Kier alpha value is -3.61. The van der Waals surface area contributed by atoms with E-state index in [1.807, 2.05) is 24.0 Å². The Morgan fingerprint density at radius 1 is 0.867 bits per heavy atom. The van der Waals surface area contributed by atoms with E-state index in [0.717, 1.165) is 54.7 Å². The predicted octanol–water partition coefficient (Wildman–Crippen LogP) is 3.74. The summed E-state index contributed by atoms with van der Waals surface area (Å²) in [5.74, 6) is 1.54. The number of nitrogens with one attached hydrogen (secondary N) is 1. The van der Waals surface area contributed by atoms with E-state index in [1.54, 1.807) is 0 Å². The molecule has 2 aromatic carbocycles. The highest BCUT2D eigenvalue weighted by Gasteiger charge is 2.21. The van der Waals surface area contributed by atoms with Crippen molar-refractivity contribution in [2.45, 2.75) is 6.92 Å². The number of rotatable bonds is 4. The molecule has 1 N–H and O–H groups in total. The molecule has 1 aliphatic heterocycles. The van der Waals surface area contributed by atoms with Gasteiger partial charge in [-0.15, -0.1) is 0 Å². The molecule has 0 unspecified atom stereocenters. The molecule has 0 amide bonds. The molecule has 30 heavy (non-hydrogen) atoms. The number of hydrogen-bond donors (Lipinski definition) is 1. The topological polar surface area (TPSA) is 62.1 Å². The van der Waals surface area contributed by atoms with Gasteiger partial charge in [-0.3, -0.25) is 4.68 Å². The molecule has 2 aromatic heterocycles. The normalized spacial score (nSPS) is 14.3. The molecule has 0 saturated carbocycles. The number of benzene rings is 2. The molecule has 1 saturated heterocycles. The van der Waals surface area contributed by atoms with Crippen LogP contribution >= 0.6 is 0 Å². The van der Waals surface area contributed by atoms with Crippen molar-refractivity contribution >= 4 is 34.2 Å². The number of anilines is 4. The van der Waals surface area contributed by atoms with Crippen LogP contribution in [0.5, 0.6) is 0 Å². The van der Waals surface area contributed by atoms with E-state index in [9.17, 15) is 0 Å². The molecule has 0 aliphatic carbocycles. The van der Waals surface area contributed by atoms with Crippen molar-refractivity contribution in [1.29, 1.82) is 0 Å². The van der Waals surface area contributed by atoms with Crippen molar-refractivity contribution in [2.24, 2.45) is 7.05 Å². The second-order valence-electron chi connectivity index (χ2n) is 7.68. The van der Waals surface area contributed by atoms with Crippen LogP contribution in [-0.4, -0.2) is 45.9 Å². The maximum Gasteiger partial charge on any atom is 0.229 e. The van der Waals surface area contributed by atoms with Gasteiger partial charge in [0.25, 0.3) is 0 Å². The molecule has 5 rings (SSSR count). The second-order valence-corrected chi connectivity index (χ2v) is 7.68. The van der Waals surface area contributed by atoms with E-state index in [2.05, 4.69) is 75.7 Å². The highest BCUT2D eigenvalue weighted by molar-refractivity contribution is 5.89. The predicted molar refractivity (Wildman–Crippen MR) is 122 cm³/mol. The summed E-state index contributed by atoms with van der Waals surface area (Å²) in [5, 5.41) is 8.80. The van der Waals surface area contributed by atoms with Crippen molar-refractivity contribution < 1.29 is 0 Å². The Kier molecular flexibility index (Phi) is 4.71. The first-order valence-corrected chi connectivity index (χ1v) is 10.3. The van der Waals surface area contributed by atoms with Crippen LogP contribution in [0, 0.1) is 6.92 Å². The van der Waals surface area contributed by atoms with Gasteiger partial charge in [-0.1, -0.05) is 30.3 Å². The lowest BCUT2D eigenvalue weighted by molar-refractivity contribution is 0.640. The van der Waals surface area contributed by atoms with E-state index in [-0.39, 0.29) is 0 Å². The van der Waals surface area contributed by atoms with E-state index < -0.39 is 0 Å². The number of aromatic nitrogens is 4. The summed E-state index contributed by atoms with van der Waals surface area (Å²) in [6, 6.07) is 18.9. The quantitative estimate of drug-likeness (QED) is 0.564. The summed E-state index contributed by atoms with van der Waals surface area (Å²) in [6.45, 7) is 5.72. The highest BCUT2D eigenvalue weighted by atomic mass is 15.4. The molecule has 0 bridgehead atoms. The minimum atomic E-state index is 0.744. The van der Waals surface area contributed by atoms with Crippen molar-refractivity contribution in [2.75, 3.05) is 41.3 Å². The lowest BCUT2D eigenvalue weighted by atomic mass is 10.2. The number of fused-ring (bicyclic) bond motifs is 1. The first kappa shape index (κ1) is 18.4. The molecule has 0 spiro atoms. The van der Waals surface area contributed by atoms with E-state index in [0.29, 0.717) is 0 Å². The summed E-state index contributed by atoms with van der Waals surface area (Å²) in [4.78, 5) is 14.4. The Morgan fingerprint density at radius 2 is 1.63 bits per heavy atom. The van der Waals surface area contributed by atoms with E-state index in [1.165, 1.54) is 11.3 Å². The van der Waals surface area contributed by atoms with Gasteiger partial charge in [-0.25, -0.2) is 0 Å². The molecule has 7 heteroatoms. The van der Waals surface area contributed by atoms with Gasteiger partial charge >= 0.3 is 0 Å². The van der Waals surface area contributed by atoms with Crippen molar-refractivity contribution in [3.8, 4) is 0 Å². The van der Waals surface area contributed by atoms with Gasteiger partial charge in [-0.2, -0.15) is 15.1 Å². The second kappa shape index (κ2) is 7.67. The maximum atomic E-state index is 4.89. The Labute approximate surface area is 176 Å². The monoisotopic (exact) mass is 399 g/mol. The fraction of sp³-hybridized carbons (Fsp3) is 0.261. The van der Waals surface area contributed by atoms with Crippen LogP contribution in [0.1, 0.15) is 5.56 Å². The maximum absolute atomic E-state index is 4.89. The van der Waals surface area contributed by atoms with E-state index >= 15 is 0 Å². The third kappa shape index (κ3) is 3.54. The number of nitrogens with zero attached hydrogens (tertiary/aromatic N) is 6. The third-order valence-corrected chi connectivity index (χ3v) is 5.54. The highest BCUT2D eigenvalue weighted by Crippen LogP contribution is 2.27. The van der Waals surface area contributed by atoms with Gasteiger partial charge < -0.3 is 15.1 Å². The molecular formula is C23H25N7. The number of piperazine rings is 1. The van der Waals surface area contributed by atoms with E-state index in [4.69, 9.17) is 9.97 Å². The zero-order valence-electron chi connectivity index (χ0n) is 17.3. The lowest BCUT2D eigenvalue weighted by Gasteiger charge is -2.36. The minimum Gasteiger partial charge on any atom is -0.368 e. The third-order valence-electron chi connectivity index (χ3n) is 5.54. The zero-order chi connectivity index (χ0) is 20.5. The molecule has 1 fully saturated rings. The smallest absolute Gasteiger partial charge is 0.229 e. The molecule has 3 heterocycles. The summed E-state index contributed by atoms with van der Waals surface area (Å²) in [7, 11) is 1.92. The van der Waals surface area contributed by atoms with Gasteiger partial charge in [0.2, 0.25) is 5.95 Å². The molecule has 152 valence electrons. The minimum absolute atomic E-state index is 0.744. The zero-order valence-corrected chi connectivity index (χ0v) is 17.3. The molecule has 0 radical (unpaired) electrons. The molecule has 7 nitrogen and oxygen atoms in total. The SMILES string of the molecule is Cc1cccc(Nc2nc(N3CCN(c4ccccc4)CC3)nc3c2cnn3C)c1. The van der Waals surface area contributed by atoms with Gasteiger partial charge in [0.05, 0.1) is 11.6 Å². The average molecular weight is 400 g/mol. The van der Waals surface area contributed by atoms with Crippen LogP contribution < -0.4 is 15.1 Å². The Bertz CT molecular complexity index is 1160. The van der Waals surface area contributed by atoms with Crippen molar-refractivity contribution in [3.05, 3.63) is 66.4 Å². The van der Waals surface area contributed by atoms with Gasteiger partial charge in [0.15, 0.2) is 5.65 Å². The van der Waals surface area contributed by atoms with Crippen LogP contribution in [0.4, 0.5) is 23.1 Å². The summed E-state index contributed by atoms with van der Waals surface area (Å²) in [5.41, 5.74) is 4.31. The fourth-order valence-electron chi connectivity index (χ4n) is 3.91.